The van der Waals surface area contributed by atoms with Crippen molar-refractivity contribution in [3.8, 4) is 0 Å². The molecule has 0 fully saturated rings. The molecule has 0 aliphatic heterocycles. The van der Waals surface area contributed by atoms with Gasteiger partial charge in [0.2, 0.25) is 0 Å². The predicted molar refractivity (Wildman–Crippen MR) is 154 cm³/mol. The summed E-state index contributed by atoms with van der Waals surface area (Å²) >= 11 is 0. The summed E-state index contributed by atoms with van der Waals surface area (Å²) in [5.41, 5.74) is 0. The van der Waals surface area contributed by atoms with Gasteiger partial charge in [0.25, 0.3) is 0 Å². The van der Waals surface area contributed by atoms with Crippen LogP contribution in [0.1, 0.15) is 83.1 Å². The molecule has 0 amide bonds. The molecule has 10 heteroatoms. The third kappa shape index (κ3) is 49.1. The minimum Gasteiger partial charge on any atom is -0.394 e. The maximum absolute atomic E-state index is 9.00. The molecule has 0 saturated heterocycles. The first-order valence-electron chi connectivity index (χ1n) is 13.9. The molecular weight excluding hydrogens is 484 g/mol. The van der Waals surface area contributed by atoms with Crippen LogP contribution in [0.4, 0.5) is 0 Å². The molecule has 0 aromatic rings. The van der Waals surface area contributed by atoms with Crippen LogP contribution in [0.15, 0.2) is 0 Å². The Balaban J connectivity index is -0.0000000745. The largest absolute Gasteiger partial charge is 0.394 e. The highest BCUT2D eigenvalue weighted by molar-refractivity contribution is 4.60. The van der Waals surface area contributed by atoms with Crippen molar-refractivity contribution in [2.75, 3.05) is 67.1 Å². The molecule has 10 nitrogen and oxygen atoms in total. The number of ether oxygens (including phenoxy) is 5. The van der Waals surface area contributed by atoms with Crippen molar-refractivity contribution in [2.45, 2.75) is 114 Å². The molecule has 0 bridgehead atoms. The van der Waals surface area contributed by atoms with Gasteiger partial charge in [-0.1, -0.05) is 69.2 Å². The van der Waals surface area contributed by atoms with Crippen molar-refractivity contribution >= 4 is 0 Å². The van der Waals surface area contributed by atoms with Crippen LogP contribution < -0.4 is 0 Å². The third-order valence-corrected chi connectivity index (χ3v) is 3.44. The van der Waals surface area contributed by atoms with Crippen LogP contribution in [-0.2, 0) is 23.7 Å². The van der Waals surface area contributed by atoms with Crippen molar-refractivity contribution in [1.82, 2.24) is 0 Å². The van der Waals surface area contributed by atoms with E-state index in [-0.39, 0.29) is 64.6 Å². The fourth-order valence-electron chi connectivity index (χ4n) is 1.44. The quantitative estimate of drug-likeness (QED) is 0.193. The summed E-state index contributed by atoms with van der Waals surface area (Å²) in [6.45, 7) is 23.7. The van der Waals surface area contributed by atoms with E-state index in [0.29, 0.717) is 6.61 Å². The lowest BCUT2D eigenvalue weighted by Crippen LogP contribution is -2.32. The average molecular weight is 553 g/mol. The number of rotatable bonds is 16. The Labute approximate surface area is 230 Å². The first-order chi connectivity index (χ1) is 17.9. The molecule has 0 aliphatic rings. The van der Waals surface area contributed by atoms with Gasteiger partial charge in [-0.05, 0) is 13.8 Å². The van der Waals surface area contributed by atoms with E-state index in [4.69, 9.17) is 49.2 Å². The molecule has 0 aliphatic carbocycles. The monoisotopic (exact) mass is 552 g/mol. The first-order valence-corrected chi connectivity index (χ1v) is 13.9. The highest BCUT2D eigenvalue weighted by Crippen LogP contribution is 1.99. The van der Waals surface area contributed by atoms with E-state index in [0.717, 1.165) is 0 Å². The van der Waals surface area contributed by atoms with Gasteiger partial charge in [0.15, 0.2) is 0 Å². The number of aliphatic hydroxyl groups excluding tert-OH is 5. The lowest BCUT2D eigenvalue weighted by molar-refractivity contribution is -0.0988. The topological polar surface area (TPSA) is 147 Å². The van der Waals surface area contributed by atoms with Crippen LogP contribution in [0.25, 0.3) is 0 Å². The Morgan fingerprint density at radius 3 is 0.865 bits per heavy atom. The van der Waals surface area contributed by atoms with Gasteiger partial charge in [-0.2, -0.15) is 0 Å². The minimum atomic E-state index is -0.474. The number of hydrogen-bond donors (Lipinski definition) is 5. The normalized spacial score (nSPS) is 13.1. The molecule has 0 radical (unpaired) electrons. The van der Waals surface area contributed by atoms with Gasteiger partial charge in [-0.25, -0.2) is 0 Å². The molecule has 5 atom stereocenters. The summed E-state index contributed by atoms with van der Waals surface area (Å²) in [5.74, 6) is 0. The maximum Gasteiger partial charge on any atom is 0.104 e. The average Bonchev–Trinajstić information content (AvgIpc) is 3.00. The molecule has 236 valence electrons. The number of hydrogen-bond acceptors (Lipinski definition) is 10. The SMILES string of the molecule is CC.CC.CC.CC.CC.COC(CO)COC(C)CO.COC(CO)COC(CO)COC(C)CO. The smallest absolute Gasteiger partial charge is 0.104 e. The summed E-state index contributed by atoms with van der Waals surface area (Å²) in [5, 5.41) is 43.8. The van der Waals surface area contributed by atoms with Gasteiger partial charge in [0.05, 0.1) is 65.1 Å². The Bertz CT molecular complexity index is 292. The molecule has 0 aromatic heterocycles. The lowest BCUT2D eigenvalue weighted by atomic mass is 10.3. The maximum atomic E-state index is 9.00. The molecule has 0 spiro atoms. The standard InChI is InChI=1S/C10H22O6.C7H16O4.5C2H6/c1-8(3-11)15-7-10(5-13)16-6-9(4-12)14-2;1-6(3-8)11-5-7(4-9)10-2;5*1-2/h8-13H,3-7H2,1-2H3;6-9H,3-5H2,1-2H3;5*1-2H3. The van der Waals surface area contributed by atoms with E-state index in [9.17, 15) is 0 Å². The Hall–Kier alpha value is -0.400. The van der Waals surface area contributed by atoms with Gasteiger partial charge in [-0.3, -0.25) is 0 Å². The van der Waals surface area contributed by atoms with Gasteiger partial charge >= 0.3 is 0 Å². The predicted octanol–water partition coefficient (Wildman–Crippen LogP) is 3.29. The number of methoxy groups -OCH3 is 2. The molecule has 0 aromatic carbocycles. The van der Waals surface area contributed by atoms with Gasteiger partial charge in [0, 0.05) is 14.2 Å². The van der Waals surface area contributed by atoms with E-state index >= 15 is 0 Å². The molecule has 5 unspecified atom stereocenters. The lowest BCUT2D eigenvalue weighted by Gasteiger charge is -2.20. The van der Waals surface area contributed by atoms with Crippen LogP contribution in [0.2, 0.25) is 0 Å². The fourth-order valence-corrected chi connectivity index (χ4v) is 1.44. The van der Waals surface area contributed by atoms with E-state index < -0.39 is 12.2 Å². The van der Waals surface area contributed by atoms with Crippen molar-refractivity contribution in [2.24, 2.45) is 0 Å². The van der Waals surface area contributed by atoms with Gasteiger partial charge in [-0.15, -0.1) is 0 Å². The molecular formula is C27H68O10. The van der Waals surface area contributed by atoms with Crippen molar-refractivity contribution in [1.29, 1.82) is 0 Å². The summed E-state index contributed by atoms with van der Waals surface area (Å²) in [6, 6.07) is 0. The van der Waals surface area contributed by atoms with E-state index in [1.807, 2.05) is 69.2 Å². The second-order valence-electron chi connectivity index (χ2n) is 5.87. The summed E-state index contributed by atoms with van der Waals surface area (Å²) in [4.78, 5) is 0. The van der Waals surface area contributed by atoms with Crippen molar-refractivity contribution in [3.05, 3.63) is 0 Å². The second kappa shape index (κ2) is 55.9. The van der Waals surface area contributed by atoms with Crippen LogP contribution in [-0.4, -0.2) is 123 Å². The zero-order chi connectivity index (χ0) is 31.1. The molecule has 5 N–H and O–H groups in total. The van der Waals surface area contributed by atoms with Gasteiger partial charge < -0.3 is 49.2 Å². The minimum absolute atomic E-state index is 0.0120. The van der Waals surface area contributed by atoms with Crippen LogP contribution >= 0.6 is 0 Å². The van der Waals surface area contributed by atoms with E-state index in [2.05, 4.69) is 0 Å². The highest BCUT2D eigenvalue weighted by atomic mass is 16.6. The van der Waals surface area contributed by atoms with Crippen LogP contribution in [0, 0.1) is 0 Å². The zero-order valence-corrected chi connectivity index (χ0v) is 26.8. The van der Waals surface area contributed by atoms with E-state index in [1.54, 1.807) is 13.8 Å². The van der Waals surface area contributed by atoms with Crippen LogP contribution in [0.5, 0.6) is 0 Å². The molecule has 0 heterocycles. The molecule has 0 rings (SSSR count). The van der Waals surface area contributed by atoms with Crippen LogP contribution in [0.3, 0.4) is 0 Å². The fraction of sp³-hybridized carbons (Fsp3) is 1.00. The molecule has 37 heavy (non-hydrogen) atoms. The Kier molecular flexibility index (Phi) is 80.1. The highest BCUT2D eigenvalue weighted by Gasteiger charge is 2.14. The van der Waals surface area contributed by atoms with Gasteiger partial charge in [0.1, 0.15) is 18.3 Å². The molecule has 0 saturated carbocycles. The number of aliphatic hydroxyl groups is 5. The van der Waals surface area contributed by atoms with Crippen molar-refractivity contribution < 1.29 is 49.2 Å². The summed E-state index contributed by atoms with van der Waals surface area (Å²) < 4.78 is 25.3. The third-order valence-electron chi connectivity index (χ3n) is 3.44. The van der Waals surface area contributed by atoms with Crippen molar-refractivity contribution in [3.63, 3.8) is 0 Å². The second-order valence-corrected chi connectivity index (χ2v) is 5.87. The zero-order valence-electron chi connectivity index (χ0n) is 26.8. The Morgan fingerprint density at radius 2 is 0.649 bits per heavy atom. The summed E-state index contributed by atoms with van der Waals surface area (Å²) in [7, 11) is 2.98. The summed E-state index contributed by atoms with van der Waals surface area (Å²) in [6.07, 6.45) is -1.64. The first kappa shape index (κ1) is 52.9. The Morgan fingerprint density at radius 1 is 0.405 bits per heavy atom. The van der Waals surface area contributed by atoms with E-state index in [1.165, 1.54) is 14.2 Å².